The van der Waals surface area contributed by atoms with E-state index in [1.54, 1.807) is 0 Å². The number of carboxylic acids is 1. The highest BCUT2D eigenvalue weighted by Gasteiger charge is 2.42. The predicted octanol–water partition coefficient (Wildman–Crippen LogP) is 0.673. The maximum atomic E-state index is 12.7. The Balaban J connectivity index is 2.31. The van der Waals surface area contributed by atoms with Crippen molar-refractivity contribution in [3.8, 4) is 0 Å². The summed E-state index contributed by atoms with van der Waals surface area (Å²) in [5, 5.41) is 8.79. The van der Waals surface area contributed by atoms with E-state index in [1.807, 2.05) is 0 Å². The second-order valence-corrected chi connectivity index (χ2v) is 5.60. The maximum absolute atomic E-state index is 12.7. The van der Waals surface area contributed by atoms with E-state index in [0.29, 0.717) is 6.42 Å². The van der Waals surface area contributed by atoms with Crippen LogP contribution in [-0.4, -0.2) is 36.4 Å². The fourth-order valence-electron chi connectivity index (χ4n) is 1.64. The second kappa shape index (κ2) is 4.08. The summed E-state index contributed by atoms with van der Waals surface area (Å²) in [6.07, 6.45) is 0.301. The molecule has 0 amide bonds. The van der Waals surface area contributed by atoms with Gasteiger partial charge in [-0.3, -0.25) is 4.79 Å². The van der Waals surface area contributed by atoms with Crippen LogP contribution in [0.2, 0.25) is 0 Å². The average Bonchev–Trinajstić information content (AvgIpc) is 2.14. The summed E-state index contributed by atoms with van der Waals surface area (Å²) in [6.45, 7) is 0.177. The van der Waals surface area contributed by atoms with Crippen LogP contribution in [0.3, 0.4) is 0 Å². The molecule has 0 spiro atoms. The topological polar surface area (TPSA) is 74.7 Å². The molecule has 1 atom stereocenters. The smallest absolute Gasteiger partial charge is 0.322 e. The van der Waals surface area contributed by atoms with Crippen LogP contribution in [0.15, 0.2) is 29.2 Å². The third-order valence-corrected chi connectivity index (χ3v) is 4.60. The molecule has 1 aromatic carbocycles. The molecule has 0 aromatic heterocycles. The van der Waals surface area contributed by atoms with Gasteiger partial charge in [0.2, 0.25) is 10.0 Å². The van der Waals surface area contributed by atoms with E-state index in [1.165, 1.54) is 0 Å². The number of nitrogens with zero attached hydrogens (tertiary/aromatic N) is 1. The minimum atomic E-state index is -3.83. The molecule has 92 valence electrons. The highest BCUT2D eigenvalue weighted by molar-refractivity contribution is 7.89. The monoisotopic (exact) mass is 259 g/mol. The van der Waals surface area contributed by atoms with Gasteiger partial charge in [-0.15, -0.1) is 0 Å². The molecule has 1 heterocycles. The van der Waals surface area contributed by atoms with E-state index in [9.17, 15) is 17.6 Å². The molecular weight excluding hydrogens is 249 g/mol. The van der Waals surface area contributed by atoms with Gasteiger partial charge < -0.3 is 5.11 Å². The van der Waals surface area contributed by atoms with Crippen molar-refractivity contribution in [2.75, 3.05) is 6.54 Å². The summed E-state index contributed by atoms with van der Waals surface area (Å²) in [6, 6.07) is 3.30. The molecule has 2 rings (SSSR count). The quantitative estimate of drug-likeness (QED) is 0.866. The molecule has 1 N–H and O–H groups in total. The Bertz CT molecular complexity index is 540. The van der Waals surface area contributed by atoms with Crippen molar-refractivity contribution < 1.29 is 22.7 Å². The summed E-state index contributed by atoms with van der Waals surface area (Å²) in [7, 11) is -3.83. The highest BCUT2D eigenvalue weighted by atomic mass is 32.2. The van der Waals surface area contributed by atoms with E-state index >= 15 is 0 Å². The molecule has 1 saturated heterocycles. The lowest BCUT2D eigenvalue weighted by molar-refractivity contribution is -0.144. The van der Waals surface area contributed by atoms with Crippen LogP contribution in [-0.2, 0) is 14.8 Å². The van der Waals surface area contributed by atoms with Crippen LogP contribution >= 0.6 is 0 Å². The normalized spacial score (nSPS) is 20.9. The number of sulfonamides is 1. The van der Waals surface area contributed by atoms with Gasteiger partial charge in [0.1, 0.15) is 11.9 Å². The number of carboxylic acid groups (broad SMARTS) is 1. The summed E-state index contributed by atoms with van der Waals surface area (Å²) >= 11 is 0. The molecular formula is C10H10FNO4S. The first-order chi connectivity index (χ1) is 7.93. The molecule has 0 radical (unpaired) electrons. The number of aliphatic carboxylic acids is 1. The lowest BCUT2D eigenvalue weighted by Crippen LogP contribution is -2.54. The fourth-order valence-corrected chi connectivity index (χ4v) is 3.27. The van der Waals surface area contributed by atoms with Crippen molar-refractivity contribution in [3.63, 3.8) is 0 Å². The van der Waals surface area contributed by atoms with E-state index in [-0.39, 0.29) is 11.4 Å². The Morgan fingerprint density at radius 1 is 1.35 bits per heavy atom. The SMILES string of the molecule is O=C(O)[C@@H]1CCN1S(=O)(=O)c1ccc(F)cc1. The first-order valence-corrected chi connectivity index (χ1v) is 6.37. The van der Waals surface area contributed by atoms with Crippen molar-refractivity contribution in [3.05, 3.63) is 30.1 Å². The first-order valence-electron chi connectivity index (χ1n) is 4.93. The Hall–Kier alpha value is -1.47. The van der Waals surface area contributed by atoms with E-state index in [0.717, 1.165) is 28.6 Å². The summed E-state index contributed by atoms with van der Waals surface area (Å²) < 4.78 is 37.5. The highest BCUT2D eigenvalue weighted by Crippen LogP contribution is 2.27. The van der Waals surface area contributed by atoms with Crippen LogP contribution in [0.4, 0.5) is 4.39 Å². The molecule has 1 aliphatic rings. The average molecular weight is 259 g/mol. The lowest BCUT2D eigenvalue weighted by Gasteiger charge is -2.36. The molecule has 0 unspecified atom stereocenters. The van der Waals surface area contributed by atoms with Gasteiger partial charge in [-0.05, 0) is 30.7 Å². The van der Waals surface area contributed by atoms with Gasteiger partial charge in [0.25, 0.3) is 0 Å². The lowest BCUT2D eigenvalue weighted by atomic mass is 10.1. The molecule has 1 fully saturated rings. The number of hydrogen-bond donors (Lipinski definition) is 1. The number of rotatable bonds is 3. The van der Waals surface area contributed by atoms with Gasteiger partial charge in [0.15, 0.2) is 0 Å². The van der Waals surface area contributed by atoms with Crippen molar-refractivity contribution in [1.82, 2.24) is 4.31 Å². The van der Waals surface area contributed by atoms with Crippen molar-refractivity contribution in [2.24, 2.45) is 0 Å². The van der Waals surface area contributed by atoms with Gasteiger partial charge in [0.05, 0.1) is 4.90 Å². The van der Waals surface area contributed by atoms with Crippen LogP contribution in [0.25, 0.3) is 0 Å². The molecule has 0 saturated carbocycles. The summed E-state index contributed by atoms with van der Waals surface area (Å²) in [5.74, 6) is -1.70. The Kier molecular flexibility index (Phi) is 2.88. The van der Waals surface area contributed by atoms with Gasteiger partial charge in [-0.25, -0.2) is 12.8 Å². The Labute approximate surface area is 97.5 Å². The zero-order valence-electron chi connectivity index (χ0n) is 8.71. The van der Waals surface area contributed by atoms with Crippen molar-refractivity contribution >= 4 is 16.0 Å². The Morgan fingerprint density at radius 2 is 1.94 bits per heavy atom. The predicted molar refractivity (Wildman–Crippen MR) is 56.3 cm³/mol. The minimum absolute atomic E-state index is 0.0927. The molecule has 7 heteroatoms. The molecule has 5 nitrogen and oxygen atoms in total. The Morgan fingerprint density at radius 3 is 2.35 bits per heavy atom. The van der Waals surface area contributed by atoms with Gasteiger partial charge in [-0.2, -0.15) is 4.31 Å². The number of halogens is 1. The number of hydrogen-bond acceptors (Lipinski definition) is 3. The zero-order chi connectivity index (χ0) is 12.6. The van der Waals surface area contributed by atoms with Crippen molar-refractivity contribution in [1.29, 1.82) is 0 Å². The standard InChI is InChI=1S/C10H10FNO4S/c11-7-1-3-8(4-2-7)17(15,16)12-6-5-9(12)10(13)14/h1-4,9H,5-6H2,(H,13,14)/t9-/m0/s1. The minimum Gasteiger partial charge on any atom is -0.480 e. The molecule has 0 aliphatic carbocycles. The van der Waals surface area contributed by atoms with Crippen molar-refractivity contribution in [2.45, 2.75) is 17.4 Å². The third kappa shape index (κ3) is 2.03. The largest absolute Gasteiger partial charge is 0.480 e. The van der Waals surface area contributed by atoms with Crippen LogP contribution in [0.1, 0.15) is 6.42 Å². The van der Waals surface area contributed by atoms with Gasteiger partial charge in [-0.1, -0.05) is 0 Å². The summed E-state index contributed by atoms with van der Waals surface area (Å²) in [5.41, 5.74) is 0. The molecule has 1 aromatic rings. The van der Waals surface area contributed by atoms with Gasteiger partial charge >= 0.3 is 5.97 Å². The maximum Gasteiger partial charge on any atom is 0.322 e. The van der Waals surface area contributed by atoms with E-state index < -0.39 is 27.9 Å². The second-order valence-electron chi connectivity index (χ2n) is 3.71. The van der Waals surface area contributed by atoms with Gasteiger partial charge in [0, 0.05) is 6.54 Å². The first kappa shape index (κ1) is 12.0. The molecule has 0 bridgehead atoms. The number of carbonyl (C=O) groups is 1. The van der Waals surface area contributed by atoms with Crippen LogP contribution < -0.4 is 0 Å². The van der Waals surface area contributed by atoms with E-state index in [2.05, 4.69) is 0 Å². The summed E-state index contributed by atoms with van der Waals surface area (Å²) in [4.78, 5) is 10.7. The third-order valence-electron chi connectivity index (χ3n) is 2.68. The molecule has 1 aliphatic heterocycles. The fraction of sp³-hybridized carbons (Fsp3) is 0.300. The van der Waals surface area contributed by atoms with Crippen LogP contribution in [0.5, 0.6) is 0 Å². The van der Waals surface area contributed by atoms with E-state index in [4.69, 9.17) is 5.11 Å². The molecule has 17 heavy (non-hydrogen) atoms. The zero-order valence-corrected chi connectivity index (χ0v) is 9.52. The number of benzene rings is 1. The van der Waals surface area contributed by atoms with Crippen LogP contribution in [0, 0.1) is 5.82 Å².